The Morgan fingerprint density at radius 1 is 0.941 bits per heavy atom. The highest BCUT2D eigenvalue weighted by Gasteiger charge is 2.06. The third-order valence-electron chi connectivity index (χ3n) is 2.77. The molecule has 0 saturated heterocycles. The van der Waals surface area contributed by atoms with E-state index in [-0.39, 0.29) is 11.5 Å². The topological polar surface area (TPSA) is 40.5 Å². The Morgan fingerprint density at radius 3 is 2.41 bits per heavy atom. The van der Waals surface area contributed by atoms with Gasteiger partial charge in [-0.2, -0.15) is 0 Å². The number of aromatic hydroxyl groups is 2. The minimum absolute atomic E-state index is 0.244. The van der Waals surface area contributed by atoms with Crippen molar-refractivity contribution < 1.29 is 10.2 Å². The lowest BCUT2D eigenvalue weighted by Crippen LogP contribution is -1.89. The van der Waals surface area contributed by atoms with E-state index in [2.05, 4.69) is 6.92 Å². The molecule has 0 aliphatic heterocycles. The predicted octanol–water partition coefficient (Wildman–Crippen LogP) is 3.72. The zero-order valence-corrected chi connectivity index (χ0v) is 9.85. The van der Waals surface area contributed by atoms with Gasteiger partial charge in [0.05, 0.1) is 0 Å². The average Bonchev–Trinajstić information content (AvgIpc) is 2.32. The average molecular weight is 228 g/mol. The Kier molecular flexibility index (Phi) is 3.33. The number of phenols is 2. The standard InChI is InChI=1S/C15H16O2/c1-2-4-11-7-8-14(17)10-15(11)12-5-3-6-13(16)9-12/h3,5-10,16-17H,2,4H2,1H3. The lowest BCUT2D eigenvalue weighted by atomic mass is 9.96. The molecule has 2 aromatic carbocycles. The number of hydrogen-bond donors (Lipinski definition) is 2. The van der Waals surface area contributed by atoms with Gasteiger partial charge in [0.1, 0.15) is 11.5 Å². The summed E-state index contributed by atoms with van der Waals surface area (Å²) >= 11 is 0. The van der Waals surface area contributed by atoms with Gasteiger partial charge in [0.2, 0.25) is 0 Å². The van der Waals surface area contributed by atoms with Gasteiger partial charge in [-0.15, -0.1) is 0 Å². The minimum Gasteiger partial charge on any atom is -0.508 e. The zero-order valence-electron chi connectivity index (χ0n) is 9.85. The van der Waals surface area contributed by atoms with Gasteiger partial charge in [0, 0.05) is 0 Å². The van der Waals surface area contributed by atoms with Crippen molar-refractivity contribution in [2.75, 3.05) is 0 Å². The molecule has 17 heavy (non-hydrogen) atoms. The molecule has 0 amide bonds. The smallest absolute Gasteiger partial charge is 0.116 e. The molecule has 0 saturated carbocycles. The third-order valence-corrected chi connectivity index (χ3v) is 2.77. The third kappa shape index (κ3) is 2.59. The van der Waals surface area contributed by atoms with Crippen LogP contribution >= 0.6 is 0 Å². The molecular formula is C15H16O2. The first-order valence-electron chi connectivity index (χ1n) is 5.82. The van der Waals surface area contributed by atoms with Crippen molar-refractivity contribution in [2.45, 2.75) is 19.8 Å². The maximum atomic E-state index is 9.57. The van der Waals surface area contributed by atoms with E-state index in [0.717, 1.165) is 24.0 Å². The molecule has 0 unspecified atom stereocenters. The first kappa shape index (κ1) is 11.5. The van der Waals surface area contributed by atoms with E-state index in [1.807, 2.05) is 18.2 Å². The van der Waals surface area contributed by atoms with Gasteiger partial charge in [-0.25, -0.2) is 0 Å². The molecule has 0 heterocycles. The van der Waals surface area contributed by atoms with Gasteiger partial charge in [-0.05, 0) is 47.4 Å². The van der Waals surface area contributed by atoms with Crippen LogP contribution in [0.25, 0.3) is 11.1 Å². The summed E-state index contributed by atoms with van der Waals surface area (Å²) in [6, 6.07) is 12.5. The highest BCUT2D eigenvalue weighted by molar-refractivity contribution is 5.70. The SMILES string of the molecule is CCCc1ccc(O)cc1-c1cccc(O)c1. The normalized spacial score (nSPS) is 10.4. The van der Waals surface area contributed by atoms with Crippen LogP contribution in [0.2, 0.25) is 0 Å². The van der Waals surface area contributed by atoms with Crippen LogP contribution in [0.5, 0.6) is 11.5 Å². The molecule has 0 aliphatic rings. The van der Waals surface area contributed by atoms with Crippen molar-refractivity contribution >= 4 is 0 Å². The van der Waals surface area contributed by atoms with Gasteiger partial charge in [-0.3, -0.25) is 0 Å². The first-order chi connectivity index (χ1) is 8.20. The van der Waals surface area contributed by atoms with E-state index >= 15 is 0 Å². The second kappa shape index (κ2) is 4.91. The summed E-state index contributed by atoms with van der Waals surface area (Å²) in [5, 5.41) is 19.1. The van der Waals surface area contributed by atoms with Crippen LogP contribution in [0.1, 0.15) is 18.9 Å². The first-order valence-corrected chi connectivity index (χ1v) is 5.82. The zero-order chi connectivity index (χ0) is 12.3. The predicted molar refractivity (Wildman–Crippen MR) is 69.2 cm³/mol. The fourth-order valence-corrected chi connectivity index (χ4v) is 1.99. The lowest BCUT2D eigenvalue weighted by molar-refractivity contribution is 0.474. The molecule has 0 aliphatic carbocycles. The monoisotopic (exact) mass is 228 g/mol. The molecule has 0 spiro atoms. The van der Waals surface area contributed by atoms with E-state index in [9.17, 15) is 10.2 Å². The van der Waals surface area contributed by atoms with Crippen LogP contribution in [0.15, 0.2) is 42.5 Å². The summed E-state index contributed by atoms with van der Waals surface area (Å²) in [7, 11) is 0. The van der Waals surface area contributed by atoms with Gasteiger partial charge in [-0.1, -0.05) is 31.5 Å². The second-order valence-corrected chi connectivity index (χ2v) is 4.14. The van der Waals surface area contributed by atoms with E-state index in [1.54, 1.807) is 24.3 Å². The quantitative estimate of drug-likeness (QED) is 0.840. The van der Waals surface area contributed by atoms with Crippen LogP contribution in [0.3, 0.4) is 0 Å². The van der Waals surface area contributed by atoms with Crippen LogP contribution in [-0.2, 0) is 6.42 Å². The van der Waals surface area contributed by atoms with Crippen molar-refractivity contribution in [3.63, 3.8) is 0 Å². The van der Waals surface area contributed by atoms with Crippen molar-refractivity contribution in [3.8, 4) is 22.6 Å². The summed E-state index contributed by atoms with van der Waals surface area (Å²) in [6.07, 6.45) is 2.02. The summed E-state index contributed by atoms with van der Waals surface area (Å²) in [4.78, 5) is 0. The molecule has 2 N–H and O–H groups in total. The lowest BCUT2D eigenvalue weighted by Gasteiger charge is -2.10. The molecule has 0 bridgehead atoms. The van der Waals surface area contributed by atoms with Crippen molar-refractivity contribution in [2.24, 2.45) is 0 Å². The van der Waals surface area contributed by atoms with Crippen LogP contribution < -0.4 is 0 Å². The van der Waals surface area contributed by atoms with E-state index in [0.29, 0.717) is 0 Å². The van der Waals surface area contributed by atoms with E-state index < -0.39 is 0 Å². The number of phenolic OH excluding ortho intramolecular Hbond substituents is 2. The maximum Gasteiger partial charge on any atom is 0.116 e. The molecule has 2 nitrogen and oxygen atoms in total. The fraction of sp³-hybridized carbons (Fsp3) is 0.200. The van der Waals surface area contributed by atoms with Crippen molar-refractivity contribution in [1.82, 2.24) is 0 Å². The molecule has 0 aromatic heterocycles. The van der Waals surface area contributed by atoms with Gasteiger partial charge in [0.15, 0.2) is 0 Å². The highest BCUT2D eigenvalue weighted by atomic mass is 16.3. The van der Waals surface area contributed by atoms with Crippen molar-refractivity contribution in [3.05, 3.63) is 48.0 Å². The minimum atomic E-state index is 0.244. The molecule has 0 atom stereocenters. The maximum absolute atomic E-state index is 9.57. The fourth-order valence-electron chi connectivity index (χ4n) is 1.99. The molecule has 0 fully saturated rings. The van der Waals surface area contributed by atoms with Crippen molar-refractivity contribution in [1.29, 1.82) is 0 Å². The Hall–Kier alpha value is -1.96. The summed E-state index contributed by atoms with van der Waals surface area (Å²) in [5.74, 6) is 0.497. The van der Waals surface area contributed by atoms with Gasteiger partial charge < -0.3 is 10.2 Å². The van der Waals surface area contributed by atoms with E-state index in [1.165, 1.54) is 5.56 Å². The Morgan fingerprint density at radius 2 is 1.71 bits per heavy atom. The molecule has 0 radical (unpaired) electrons. The number of rotatable bonds is 3. The molecule has 88 valence electrons. The Labute approximate surface area is 101 Å². The highest BCUT2D eigenvalue weighted by Crippen LogP contribution is 2.30. The van der Waals surface area contributed by atoms with Crippen LogP contribution in [0, 0.1) is 0 Å². The van der Waals surface area contributed by atoms with Crippen LogP contribution in [0.4, 0.5) is 0 Å². The second-order valence-electron chi connectivity index (χ2n) is 4.14. The van der Waals surface area contributed by atoms with E-state index in [4.69, 9.17) is 0 Å². The Balaban J connectivity index is 2.52. The molecule has 2 aromatic rings. The summed E-state index contributed by atoms with van der Waals surface area (Å²) in [5.41, 5.74) is 3.11. The summed E-state index contributed by atoms with van der Waals surface area (Å²) in [6.45, 7) is 2.12. The Bertz CT molecular complexity index is 518. The largest absolute Gasteiger partial charge is 0.508 e. The molecule has 2 heteroatoms. The number of hydrogen-bond acceptors (Lipinski definition) is 2. The number of aryl methyl sites for hydroxylation is 1. The number of benzene rings is 2. The summed E-state index contributed by atoms with van der Waals surface area (Å²) < 4.78 is 0. The molecule has 2 rings (SSSR count). The van der Waals surface area contributed by atoms with Gasteiger partial charge >= 0.3 is 0 Å². The van der Waals surface area contributed by atoms with Crippen LogP contribution in [-0.4, -0.2) is 10.2 Å². The molecular weight excluding hydrogens is 212 g/mol. The van der Waals surface area contributed by atoms with Gasteiger partial charge in [0.25, 0.3) is 0 Å².